The van der Waals surface area contributed by atoms with Gasteiger partial charge in [-0.2, -0.15) is 13.2 Å². The highest BCUT2D eigenvalue weighted by molar-refractivity contribution is 7.22. The molecular formula is C16H14F3N5S. The summed E-state index contributed by atoms with van der Waals surface area (Å²) in [5, 5.41) is 0.593. The molecule has 0 atom stereocenters. The monoisotopic (exact) mass is 365 g/mol. The maximum Gasteiger partial charge on any atom is 0.418 e. The maximum atomic E-state index is 13.1. The van der Waals surface area contributed by atoms with Gasteiger partial charge in [0.05, 0.1) is 28.0 Å². The molecule has 0 amide bonds. The molecule has 2 aromatic heterocycles. The predicted octanol–water partition coefficient (Wildman–Crippen LogP) is 3.43. The van der Waals surface area contributed by atoms with Gasteiger partial charge >= 0.3 is 6.18 Å². The van der Waals surface area contributed by atoms with Crippen molar-refractivity contribution in [1.29, 1.82) is 0 Å². The molecule has 1 fully saturated rings. The summed E-state index contributed by atoms with van der Waals surface area (Å²) < 4.78 is 39.9. The number of fused-ring (bicyclic) bond motifs is 1. The molecule has 0 saturated carbocycles. The Balaban J connectivity index is 1.55. The number of likely N-dealkylation sites (N-methyl/N-ethyl adjacent to an activating group) is 1. The molecule has 25 heavy (non-hydrogen) atoms. The normalized spacial score (nSPS) is 15.4. The first kappa shape index (κ1) is 16.1. The van der Waals surface area contributed by atoms with E-state index >= 15 is 0 Å². The lowest BCUT2D eigenvalue weighted by atomic mass is 10.1. The van der Waals surface area contributed by atoms with Crippen molar-refractivity contribution in [2.75, 3.05) is 29.9 Å². The average molecular weight is 365 g/mol. The number of rotatable bonds is 3. The smallest absolute Gasteiger partial charge is 0.351 e. The number of hydrogen-bond donors (Lipinski definition) is 0. The van der Waals surface area contributed by atoms with E-state index in [1.54, 1.807) is 24.7 Å². The first-order valence-electron chi connectivity index (χ1n) is 7.64. The number of para-hydroxylation sites is 1. The van der Waals surface area contributed by atoms with Gasteiger partial charge in [-0.05, 0) is 12.1 Å². The summed E-state index contributed by atoms with van der Waals surface area (Å²) >= 11 is 1.28. The minimum atomic E-state index is -4.40. The molecule has 0 bridgehead atoms. The minimum absolute atomic E-state index is 0.0203. The largest absolute Gasteiger partial charge is 0.418 e. The standard InChI is InChI=1S/C16H14F3N5S/c1-23(10-8-24(9-10)13-7-20-5-6-21-13)15-22-14-11(16(17,18)19)3-2-4-12(14)25-15/h2-7,10H,8-9H2,1H3. The molecule has 9 heteroatoms. The molecule has 1 aliphatic heterocycles. The van der Waals surface area contributed by atoms with Crippen molar-refractivity contribution in [3.8, 4) is 0 Å². The number of thiazole rings is 1. The summed E-state index contributed by atoms with van der Waals surface area (Å²) in [6.07, 6.45) is 0.553. The molecular weight excluding hydrogens is 351 g/mol. The van der Waals surface area contributed by atoms with Crippen LogP contribution in [0, 0.1) is 0 Å². The second-order valence-electron chi connectivity index (χ2n) is 5.88. The van der Waals surface area contributed by atoms with E-state index in [4.69, 9.17) is 0 Å². The van der Waals surface area contributed by atoms with Crippen molar-refractivity contribution in [2.45, 2.75) is 12.2 Å². The molecule has 0 unspecified atom stereocenters. The lowest BCUT2D eigenvalue weighted by Crippen LogP contribution is -2.59. The topological polar surface area (TPSA) is 45.2 Å². The molecule has 0 N–H and O–H groups in total. The lowest BCUT2D eigenvalue weighted by molar-refractivity contribution is -0.136. The van der Waals surface area contributed by atoms with Crippen LogP contribution in [0.15, 0.2) is 36.8 Å². The molecule has 3 heterocycles. The minimum Gasteiger partial charge on any atom is -0.351 e. The highest BCUT2D eigenvalue weighted by atomic mass is 32.1. The van der Waals surface area contributed by atoms with Crippen LogP contribution < -0.4 is 9.80 Å². The zero-order valence-corrected chi connectivity index (χ0v) is 14.1. The molecule has 130 valence electrons. The molecule has 3 aromatic rings. The second-order valence-corrected chi connectivity index (χ2v) is 6.89. The van der Waals surface area contributed by atoms with Gasteiger partial charge in [0.25, 0.3) is 0 Å². The van der Waals surface area contributed by atoms with Gasteiger partial charge in [-0.15, -0.1) is 0 Å². The summed E-state index contributed by atoms with van der Waals surface area (Å²) in [6, 6.07) is 4.35. The second kappa shape index (κ2) is 5.83. The first-order valence-corrected chi connectivity index (χ1v) is 8.45. The number of benzene rings is 1. The maximum absolute atomic E-state index is 13.1. The molecule has 0 radical (unpaired) electrons. The zero-order valence-electron chi connectivity index (χ0n) is 13.2. The quantitative estimate of drug-likeness (QED) is 0.712. The van der Waals surface area contributed by atoms with E-state index in [-0.39, 0.29) is 11.6 Å². The third kappa shape index (κ3) is 2.88. The van der Waals surface area contributed by atoms with Crippen molar-refractivity contribution >= 4 is 32.5 Å². The average Bonchev–Trinajstić information content (AvgIpc) is 2.97. The van der Waals surface area contributed by atoms with E-state index in [2.05, 4.69) is 19.9 Å². The van der Waals surface area contributed by atoms with Crippen molar-refractivity contribution in [3.63, 3.8) is 0 Å². The zero-order chi connectivity index (χ0) is 17.6. The number of aromatic nitrogens is 3. The van der Waals surface area contributed by atoms with Gasteiger partial charge in [-0.25, -0.2) is 9.97 Å². The van der Waals surface area contributed by atoms with Gasteiger partial charge < -0.3 is 9.80 Å². The van der Waals surface area contributed by atoms with Crippen molar-refractivity contribution in [1.82, 2.24) is 15.0 Å². The fourth-order valence-corrected chi connectivity index (χ4v) is 3.84. The molecule has 4 rings (SSSR count). The highest BCUT2D eigenvalue weighted by Gasteiger charge is 2.35. The number of halogens is 3. The van der Waals surface area contributed by atoms with Crippen LogP contribution in [0.4, 0.5) is 24.1 Å². The van der Waals surface area contributed by atoms with E-state index in [1.807, 2.05) is 11.9 Å². The van der Waals surface area contributed by atoms with Gasteiger partial charge in [0.2, 0.25) is 0 Å². The molecule has 0 aliphatic carbocycles. The van der Waals surface area contributed by atoms with E-state index in [0.717, 1.165) is 25.0 Å². The predicted molar refractivity (Wildman–Crippen MR) is 91.1 cm³/mol. The Morgan fingerprint density at radius 1 is 1.24 bits per heavy atom. The van der Waals surface area contributed by atoms with Crippen LogP contribution in [-0.4, -0.2) is 41.1 Å². The van der Waals surface area contributed by atoms with Crippen LogP contribution in [-0.2, 0) is 6.18 Å². The lowest BCUT2D eigenvalue weighted by Gasteiger charge is -2.44. The number of hydrogen-bond acceptors (Lipinski definition) is 6. The Kier molecular flexibility index (Phi) is 3.75. The Morgan fingerprint density at radius 2 is 2.04 bits per heavy atom. The first-order chi connectivity index (χ1) is 11.9. The van der Waals surface area contributed by atoms with E-state index in [9.17, 15) is 13.2 Å². The van der Waals surface area contributed by atoms with E-state index < -0.39 is 11.7 Å². The number of nitrogens with zero attached hydrogens (tertiary/aromatic N) is 5. The van der Waals surface area contributed by atoms with Gasteiger partial charge in [-0.3, -0.25) is 4.98 Å². The third-order valence-electron chi connectivity index (χ3n) is 4.30. The Morgan fingerprint density at radius 3 is 2.72 bits per heavy atom. The summed E-state index contributed by atoms with van der Waals surface area (Å²) in [4.78, 5) is 16.6. The molecule has 1 aromatic carbocycles. The fraction of sp³-hybridized carbons (Fsp3) is 0.312. The van der Waals surface area contributed by atoms with Crippen LogP contribution in [0.2, 0.25) is 0 Å². The SMILES string of the molecule is CN(c1nc2c(C(F)(F)F)cccc2s1)C1CN(c2cnccn2)C1. The molecule has 1 saturated heterocycles. The van der Waals surface area contributed by atoms with Crippen LogP contribution in [0.3, 0.4) is 0 Å². The molecule has 1 aliphatic rings. The summed E-state index contributed by atoms with van der Waals surface area (Å²) in [7, 11) is 1.86. The van der Waals surface area contributed by atoms with Crippen molar-refractivity contribution < 1.29 is 13.2 Å². The van der Waals surface area contributed by atoms with Gasteiger partial charge in [0, 0.05) is 32.5 Å². The Labute approximate surface area is 145 Å². The summed E-state index contributed by atoms with van der Waals surface area (Å²) in [5.41, 5.74) is -0.664. The van der Waals surface area contributed by atoms with E-state index in [1.165, 1.54) is 17.4 Å². The molecule has 5 nitrogen and oxygen atoms in total. The highest BCUT2D eigenvalue weighted by Crippen LogP contribution is 2.39. The Bertz CT molecular complexity index is 890. The number of alkyl halides is 3. The Hall–Kier alpha value is -2.42. The third-order valence-corrected chi connectivity index (χ3v) is 5.41. The van der Waals surface area contributed by atoms with Crippen molar-refractivity contribution in [3.05, 3.63) is 42.4 Å². The summed E-state index contributed by atoms with van der Waals surface area (Å²) in [6.45, 7) is 1.47. The van der Waals surface area contributed by atoms with Crippen molar-refractivity contribution in [2.24, 2.45) is 0 Å². The number of anilines is 2. The van der Waals surface area contributed by atoms with Gasteiger partial charge in [0.15, 0.2) is 5.13 Å². The van der Waals surface area contributed by atoms with Crippen LogP contribution in [0.1, 0.15) is 5.56 Å². The van der Waals surface area contributed by atoms with Crippen LogP contribution in [0.5, 0.6) is 0 Å². The van der Waals surface area contributed by atoms with Gasteiger partial charge in [0.1, 0.15) is 5.82 Å². The molecule has 0 spiro atoms. The van der Waals surface area contributed by atoms with Crippen LogP contribution >= 0.6 is 11.3 Å². The van der Waals surface area contributed by atoms with Crippen LogP contribution in [0.25, 0.3) is 10.2 Å². The van der Waals surface area contributed by atoms with E-state index in [0.29, 0.717) is 9.83 Å². The summed E-state index contributed by atoms with van der Waals surface area (Å²) in [5.74, 6) is 0.802. The van der Waals surface area contributed by atoms with Gasteiger partial charge in [-0.1, -0.05) is 17.4 Å². The fourth-order valence-electron chi connectivity index (χ4n) is 2.81.